The third kappa shape index (κ3) is 7.66. The molecule has 1 fully saturated rings. The molecule has 2 N–H and O–H groups in total. The number of amides is 1. The summed E-state index contributed by atoms with van der Waals surface area (Å²) in [5, 5.41) is 7.61. The highest BCUT2D eigenvalue weighted by Crippen LogP contribution is 2.26. The van der Waals surface area contributed by atoms with Gasteiger partial charge in [0.25, 0.3) is 5.91 Å². The first-order valence-corrected chi connectivity index (χ1v) is 13.6. The van der Waals surface area contributed by atoms with Crippen LogP contribution in [0.25, 0.3) is 0 Å². The summed E-state index contributed by atoms with van der Waals surface area (Å²) >= 11 is 1.66. The van der Waals surface area contributed by atoms with Crippen LogP contribution < -0.4 is 10.6 Å². The molecule has 1 saturated heterocycles. The van der Waals surface area contributed by atoms with E-state index in [2.05, 4.69) is 48.0 Å². The van der Waals surface area contributed by atoms with Gasteiger partial charge in [0.15, 0.2) is 11.0 Å². The van der Waals surface area contributed by atoms with Crippen LogP contribution >= 0.6 is 11.3 Å². The maximum absolute atomic E-state index is 13.1. The third-order valence-electron chi connectivity index (χ3n) is 6.21. The van der Waals surface area contributed by atoms with E-state index in [1.54, 1.807) is 17.4 Å². The van der Waals surface area contributed by atoms with Gasteiger partial charge in [0.1, 0.15) is 12.5 Å². The number of benzene rings is 1. The summed E-state index contributed by atoms with van der Waals surface area (Å²) in [6.45, 7) is 12.3. The van der Waals surface area contributed by atoms with Gasteiger partial charge in [-0.1, -0.05) is 26.8 Å². The Balaban J connectivity index is 1.26. The van der Waals surface area contributed by atoms with E-state index < -0.39 is 0 Å². The number of likely N-dealkylation sites (tertiary alicyclic amines) is 1. The van der Waals surface area contributed by atoms with Gasteiger partial charge in [0.2, 0.25) is 0 Å². The average Bonchev–Trinajstić information content (AvgIpc) is 3.55. The van der Waals surface area contributed by atoms with E-state index in [0.29, 0.717) is 25.4 Å². The van der Waals surface area contributed by atoms with Crippen LogP contribution in [0.15, 0.2) is 53.7 Å². The molecule has 0 bridgehead atoms. The van der Waals surface area contributed by atoms with Crippen molar-refractivity contribution in [2.75, 3.05) is 37.1 Å². The molecule has 0 spiro atoms. The van der Waals surface area contributed by atoms with Crippen LogP contribution in [0, 0.1) is 0 Å². The number of nitrogens with one attached hydrogen (secondary N) is 2. The standard InChI is InChI=1S/C28H37N5O3S/c1-5-15-35-19-31-21-10-8-20(9-11-21)26(34)33-14-6-7-22(18-33)32-27-30-16-23(37-27)12-13-25-29-17-24(36-25)28(2,3)4/h5,8-11,16-17,22,31H,1,6-7,12-15,18-19H2,2-4H3,(H,30,32). The zero-order valence-corrected chi connectivity index (χ0v) is 22.8. The molecular weight excluding hydrogens is 486 g/mol. The number of hydrogen-bond donors (Lipinski definition) is 2. The molecule has 3 aromatic rings. The number of rotatable bonds is 11. The molecule has 0 aliphatic carbocycles. The molecule has 1 amide bonds. The summed E-state index contributed by atoms with van der Waals surface area (Å²) in [5.41, 5.74) is 1.57. The largest absolute Gasteiger partial charge is 0.445 e. The zero-order chi connectivity index (χ0) is 26.3. The predicted octanol–water partition coefficient (Wildman–Crippen LogP) is 5.50. The first-order chi connectivity index (χ1) is 17.8. The number of ether oxygens (including phenoxy) is 1. The first-order valence-electron chi connectivity index (χ1n) is 12.8. The lowest BCUT2D eigenvalue weighted by Gasteiger charge is -2.33. The van der Waals surface area contributed by atoms with Crippen LogP contribution in [0.5, 0.6) is 0 Å². The Morgan fingerprint density at radius 3 is 2.78 bits per heavy atom. The van der Waals surface area contributed by atoms with Crippen LogP contribution in [-0.2, 0) is 23.0 Å². The van der Waals surface area contributed by atoms with E-state index >= 15 is 0 Å². The Bertz CT molecular complexity index is 1170. The molecule has 1 unspecified atom stereocenters. The Morgan fingerprint density at radius 1 is 1.24 bits per heavy atom. The number of anilines is 2. The van der Waals surface area contributed by atoms with Gasteiger partial charge < -0.3 is 24.7 Å². The first kappa shape index (κ1) is 26.9. The van der Waals surface area contributed by atoms with Crippen molar-refractivity contribution in [2.24, 2.45) is 0 Å². The molecule has 2 aromatic heterocycles. The van der Waals surface area contributed by atoms with Gasteiger partial charge in [0, 0.05) is 53.3 Å². The molecule has 3 heterocycles. The monoisotopic (exact) mass is 523 g/mol. The van der Waals surface area contributed by atoms with E-state index in [4.69, 9.17) is 9.15 Å². The van der Waals surface area contributed by atoms with Crippen molar-refractivity contribution in [1.82, 2.24) is 14.9 Å². The van der Waals surface area contributed by atoms with Crippen LogP contribution in [0.4, 0.5) is 10.8 Å². The summed E-state index contributed by atoms with van der Waals surface area (Å²) in [5.74, 6) is 1.73. The minimum Gasteiger partial charge on any atom is -0.445 e. The second-order valence-corrected chi connectivity index (χ2v) is 11.4. The second-order valence-electron chi connectivity index (χ2n) is 10.3. The number of hydrogen-bond acceptors (Lipinski definition) is 8. The smallest absolute Gasteiger partial charge is 0.253 e. The molecule has 0 radical (unpaired) electrons. The van der Waals surface area contributed by atoms with Crippen LogP contribution in [0.3, 0.4) is 0 Å². The molecule has 1 aliphatic heterocycles. The fourth-order valence-electron chi connectivity index (χ4n) is 4.14. The highest BCUT2D eigenvalue weighted by Gasteiger charge is 2.25. The number of aryl methyl sites for hydroxylation is 2. The number of aromatic nitrogens is 2. The summed E-state index contributed by atoms with van der Waals surface area (Å²) in [7, 11) is 0. The topological polar surface area (TPSA) is 92.5 Å². The molecule has 4 rings (SSSR count). The lowest BCUT2D eigenvalue weighted by molar-refractivity contribution is 0.0715. The Morgan fingerprint density at radius 2 is 2.05 bits per heavy atom. The zero-order valence-electron chi connectivity index (χ0n) is 22.0. The van der Waals surface area contributed by atoms with Gasteiger partial charge in [-0.2, -0.15) is 0 Å². The lowest BCUT2D eigenvalue weighted by Crippen LogP contribution is -2.45. The number of thiazole rings is 1. The Kier molecular flexibility index (Phi) is 9.00. The number of nitrogens with zero attached hydrogens (tertiary/aromatic N) is 3. The van der Waals surface area contributed by atoms with Crippen LogP contribution in [0.2, 0.25) is 0 Å². The SMILES string of the molecule is C=CCOCNc1ccc(C(=O)N2CCCC(Nc3ncc(CCc4ncc(C(C)(C)C)o4)s3)C2)cc1. The van der Waals surface area contributed by atoms with Crippen molar-refractivity contribution in [2.45, 2.75) is 57.9 Å². The van der Waals surface area contributed by atoms with E-state index in [-0.39, 0.29) is 17.4 Å². The van der Waals surface area contributed by atoms with Crippen molar-refractivity contribution in [3.05, 3.63) is 71.4 Å². The third-order valence-corrected chi connectivity index (χ3v) is 7.20. The Hall–Kier alpha value is -3.17. The summed E-state index contributed by atoms with van der Waals surface area (Å²) in [4.78, 5) is 25.2. The van der Waals surface area contributed by atoms with Crippen molar-refractivity contribution in [3.63, 3.8) is 0 Å². The van der Waals surface area contributed by atoms with Gasteiger partial charge >= 0.3 is 0 Å². The number of carbonyl (C=O) groups is 1. The lowest BCUT2D eigenvalue weighted by atomic mass is 9.94. The van der Waals surface area contributed by atoms with Gasteiger partial charge in [-0.3, -0.25) is 4.79 Å². The van der Waals surface area contributed by atoms with Crippen molar-refractivity contribution >= 4 is 28.1 Å². The maximum Gasteiger partial charge on any atom is 0.253 e. The van der Waals surface area contributed by atoms with Gasteiger partial charge in [-0.25, -0.2) is 9.97 Å². The maximum atomic E-state index is 13.1. The van der Waals surface area contributed by atoms with Crippen molar-refractivity contribution in [3.8, 4) is 0 Å². The van der Waals surface area contributed by atoms with Crippen LogP contribution in [0.1, 0.15) is 60.5 Å². The van der Waals surface area contributed by atoms with Gasteiger partial charge in [0.05, 0.1) is 12.8 Å². The molecule has 9 heteroatoms. The van der Waals surface area contributed by atoms with Gasteiger partial charge in [-0.15, -0.1) is 17.9 Å². The fraction of sp³-hybridized carbons (Fsp3) is 0.464. The highest BCUT2D eigenvalue weighted by molar-refractivity contribution is 7.15. The fourth-order valence-corrected chi connectivity index (χ4v) is 5.03. The molecule has 198 valence electrons. The molecule has 1 aliphatic rings. The highest BCUT2D eigenvalue weighted by atomic mass is 32.1. The van der Waals surface area contributed by atoms with Crippen LogP contribution in [-0.4, -0.2) is 53.2 Å². The molecule has 37 heavy (non-hydrogen) atoms. The summed E-state index contributed by atoms with van der Waals surface area (Å²) in [6.07, 6.45) is 9.02. The molecular formula is C28H37N5O3S. The molecule has 1 aromatic carbocycles. The van der Waals surface area contributed by atoms with E-state index in [9.17, 15) is 4.79 Å². The van der Waals surface area contributed by atoms with E-state index in [1.165, 1.54) is 4.88 Å². The van der Waals surface area contributed by atoms with Gasteiger partial charge in [-0.05, 0) is 43.5 Å². The molecule has 1 atom stereocenters. The summed E-state index contributed by atoms with van der Waals surface area (Å²) in [6, 6.07) is 7.72. The van der Waals surface area contributed by atoms with Crippen molar-refractivity contribution in [1.29, 1.82) is 0 Å². The molecule has 8 nitrogen and oxygen atoms in total. The Labute approximate surface area is 223 Å². The normalized spacial score (nSPS) is 16.0. The second kappa shape index (κ2) is 12.4. The van der Waals surface area contributed by atoms with E-state index in [0.717, 1.165) is 54.7 Å². The average molecular weight is 524 g/mol. The van der Waals surface area contributed by atoms with E-state index in [1.807, 2.05) is 41.6 Å². The molecule has 0 saturated carbocycles. The minimum atomic E-state index is -0.0383. The number of piperidine rings is 1. The summed E-state index contributed by atoms with van der Waals surface area (Å²) < 4.78 is 11.3. The number of carbonyl (C=O) groups excluding carboxylic acids is 1. The predicted molar refractivity (Wildman–Crippen MR) is 148 cm³/mol. The minimum absolute atomic E-state index is 0.0383. The quantitative estimate of drug-likeness (QED) is 0.195. The number of oxazole rings is 1. The van der Waals surface area contributed by atoms with Crippen molar-refractivity contribution < 1.29 is 13.9 Å².